The minimum atomic E-state index is 0.120. The summed E-state index contributed by atoms with van der Waals surface area (Å²) in [5.74, 6) is 0.891. The summed E-state index contributed by atoms with van der Waals surface area (Å²) in [5, 5.41) is 3.69. The molecule has 18 heavy (non-hydrogen) atoms. The van der Waals surface area contributed by atoms with Gasteiger partial charge in [0.25, 0.3) is 0 Å². The number of nitrogens with zero attached hydrogens (tertiary/aromatic N) is 1. The third kappa shape index (κ3) is 2.89. The van der Waals surface area contributed by atoms with Crippen LogP contribution in [0.3, 0.4) is 0 Å². The molecule has 0 aromatic heterocycles. The molecule has 104 valence electrons. The largest absolute Gasteiger partial charge is 0.371 e. The monoisotopic (exact) mass is 252 g/mol. The average molecular weight is 252 g/mol. The average Bonchev–Trinajstić information content (AvgIpc) is 2.68. The Morgan fingerprint density at radius 3 is 2.94 bits per heavy atom. The Balaban J connectivity index is 1.49. The first-order valence-corrected chi connectivity index (χ1v) is 7.76. The molecular formula is C15H28N2O. The number of hydrogen-bond donors (Lipinski definition) is 1. The lowest BCUT2D eigenvalue weighted by Gasteiger charge is -2.42. The van der Waals surface area contributed by atoms with Crippen LogP contribution < -0.4 is 5.32 Å². The van der Waals surface area contributed by atoms with Crippen LogP contribution in [-0.4, -0.2) is 48.8 Å². The van der Waals surface area contributed by atoms with E-state index in [0.29, 0.717) is 6.10 Å². The fourth-order valence-electron chi connectivity index (χ4n) is 3.98. The zero-order chi connectivity index (χ0) is 12.6. The van der Waals surface area contributed by atoms with Gasteiger partial charge in [-0.05, 0) is 65.0 Å². The van der Waals surface area contributed by atoms with Crippen molar-refractivity contribution in [2.45, 2.75) is 63.7 Å². The molecule has 0 spiro atoms. The molecule has 3 aliphatic heterocycles. The summed E-state index contributed by atoms with van der Waals surface area (Å²) in [6, 6.07) is 0.802. The molecule has 3 aliphatic rings. The number of fused-ring (bicyclic) bond motifs is 1. The first-order valence-electron chi connectivity index (χ1n) is 7.76. The molecular weight excluding hydrogens is 224 g/mol. The lowest BCUT2D eigenvalue weighted by molar-refractivity contribution is -0.0356. The molecule has 3 rings (SSSR count). The molecule has 0 radical (unpaired) electrons. The third-order valence-electron chi connectivity index (χ3n) is 4.99. The molecule has 0 aromatic carbocycles. The van der Waals surface area contributed by atoms with Crippen molar-refractivity contribution >= 4 is 0 Å². The Morgan fingerprint density at radius 2 is 2.17 bits per heavy atom. The molecule has 3 heterocycles. The molecule has 3 fully saturated rings. The number of likely N-dealkylation sites (tertiary alicyclic amines) is 1. The Labute approximate surface area is 111 Å². The fraction of sp³-hybridized carbons (Fsp3) is 1.00. The third-order valence-corrected chi connectivity index (χ3v) is 4.99. The summed E-state index contributed by atoms with van der Waals surface area (Å²) in [7, 11) is 0. The molecule has 0 amide bonds. The van der Waals surface area contributed by atoms with Gasteiger partial charge in [-0.15, -0.1) is 0 Å². The SMILES string of the molecule is CC1(C)CCC(CN2CCC3NCCCC3C2)O1. The van der Waals surface area contributed by atoms with Crippen LogP contribution in [0.15, 0.2) is 0 Å². The van der Waals surface area contributed by atoms with E-state index >= 15 is 0 Å². The number of ether oxygens (including phenoxy) is 1. The van der Waals surface area contributed by atoms with Gasteiger partial charge in [0.1, 0.15) is 0 Å². The Morgan fingerprint density at radius 1 is 1.28 bits per heavy atom. The van der Waals surface area contributed by atoms with Gasteiger partial charge in [-0.2, -0.15) is 0 Å². The molecule has 0 aliphatic carbocycles. The first kappa shape index (κ1) is 12.9. The highest BCUT2D eigenvalue weighted by molar-refractivity contribution is 4.90. The molecule has 0 aromatic rings. The van der Waals surface area contributed by atoms with Gasteiger partial charge in [-0.3, -0.25) is 0 Å². The predicted octanol–water partition coefficient (Wildman–Crippen LogP) is 2.02. The van der Waals surface area contributed by atoms with Gasteiger partial charge in [0.2, 0.25) is 0 Å². The van der Waals surface area contributed by atoms with Crippen molar-refractivity contribution in [2.24, 2.45) is 5.92 Å². The van der Waals surface area contributed by atoms with Crippen LogP contribution in [0.4, 0.5) is 0 Å². The van der Waals surface area contributed by atoms with Crippen LogP contribution in [0.25, 0.3) is 0 Å². The first-order chi connectivity index (χ1) is 8.62. The van der Waals surface area contributed by atoms with Gasteiger partial charge < -0.3 is 15.0 Å². The van der Waals surface area contributed by atoms with E-state index in [1.165, 1.54) is 51.7 Å². The van der Waals surface area contributed by atoms with Crippen molar-refractivity contribution in [3.05, 3.63) is 0 Å². The van der Waals surface area contributed by atoms with E-state index < -0.39 is 0 Å². The Hall–Kier alpha value is -0.120. The smallest absolute Gasteiger partial charge is 0.0710 e. The van der Waals surface area contributed by atoms with Crippen molar-refractivity contribution in [3.63, 3.8) is 0 Å². The summed E-state index contributed by atoms with van der Waals surface area (Å²) >= 11 is 0. The van der Waals surface area contributed by atoms with Crippen LogP contribution in [-0.2, 0) is 4.74 Å². The molecule has 1 N–H and O–H groups in total. The van der Waals surface area contributed by atoms with Crippen molar-refractivity contribution in [1.82, 2.24) is 10.2 Å². The summed E-state index contributed by atoms with van der Waals surface area (Å²) in [5.41, 5.74) is 0.120. The van der Waals surface area contributed by atoms with Crippen LogP contribution in [0.2, 0.25) is 0 Å². The van der Waals surface area contributed by atoms with E-state index in [-0.39, 0.29) is 5.60 Å². The van der Waals surface area contributed by atoms with Crippen LogP contribution in [0, 0.1) is 5.92 Å². The van der Waals surface area contributed by atoms with Gasteiger partial charge >= 0.3 is 0 Å². The molecule has 3 atom stereocenters. The Bertz CT molecular complexity index is 292. The van der Waals surface area contributed by atoms with Gasteiger partial charge in [-0.25, -0.2) is 0 Å². The van der Waals surface area contributed by atoms with Gasteiger partial charge in [0.15, 0.2) is 0 Å². The van der Waals surface area contributed by atoms with Crippen molar-refractivity contribution < 1.29 is 4.74 Å². The zero-order valence-electron chi connectivity index (χ0n) is 12.0. The van der Waals surface area contributed by atoms with E-state index in [1.807, 2.05) is 0 Å². The minimum absolute atomic E-state index is 0.120. The molecule has 0 saturated carbocycles. The number of hydrogen-bond acceptors (Lipinski definition) is 3. The Kier molecular flexibility index (Phi) is 3.65. The van der Waals surface area contributed by atoms with Crippen LogP contribution in [0.1, 0.15) is 46.0 Å². The maximum Gasteiger partial charge on any atom is 0.0710 e. The predicted molar refractivity (Wildman–Crippen MR) is 73.8 cm³/mol. The molecule has 3 heteroatoms. The second-order valence-corrected chi connectivity index (χ2v) is 7.05. The highest BCUT2D eigenvalue weighted by Gasteiger charge is 2.35. The summed E-state index contributed by atoms with van der Waals surface area (Å²) in [6.45, 7) is 9.40. The van der Waals surface area contributed by atoms with Crippen molar-refractivity contribution in [1.29, 1.82) is 0 Å². The van der Waals surface area contributed by atoms with Crippen molar-refractivity contribution in [3.8, 4) is 0 Å². The quantitative estimate of drug-likeness (QED) is 0.814. The highest BCUT2D eigenvalue weighted by Crippen LogP contribution is 2.31. The number of nitrogens with one attached hydrogen (secondary N) is 1. The van der Waals surface area contributed by atoms with Gasteiger partial charge in [-0.1, -0.05) is 0 Å². The van der Waals surface area contributed by atoms with Crippen LogP contribution >= 0.6 is 0 Å². The molecule has 3 nitrogen and oxygen atoms in total. The highest BCUT2D eigenvalue weighted by atomic mass is 16.5. The summed E-state index contributed by atoms with van der Waals surface area (Å²) in [6.07, 6.45) is 7.07. The number of piperidine rings is 2. The zero-order valence-corrected chi connectivity index (χ0v) is 12.0. The van der Waals surface area contributed by atoms with E-state index in [1.54, 1.807) is 0 Å². The van der Waals surface area contributed by atoms with E-state index in [9.17, 15) is 0 Å². The molecule has 3 saturated heterocycles. The molecule has 0 bridgehead atoms. The molecule has 3 unspecified atom stereocenters. The van der Waals surface area contributed by atoms with E-state index in [0.717, 1.165) is 18.5 Å². The number of rotatable bonds is 2. The van der Waals surface area contributed by atoms with Gasteiger partial charge in [0, 0.05) is 19.1 Å². The minimum Gasteiger partial charge on any atom is -0.371 e. The lowest BCUT2D eigenvalue weighted by atomic mass is 9.85. The van der Waals surface area contributed by atoms with E-state index in [2.05, 4.69) is 24.1 Å². The van der Waals surface area contributed by atoms with Gasteiger partial charge in [0.05, 0.1) is 11.7 Å². The standard InChI is InChI=1S/C15H28N2O/c1-15(2)7-5-13(18-15)11-17-9-6-14-12(10-17)4-3-8-16-14/h12-14,16H,3-11H2,1-2H3. The fourth-order valence-corrected chi connectivity index (χ4v) is 3.98. The van der Waals surface area contributed by atoms with E-state index in [4.69, 9.17) is 4.74 Å². The maximum atomic E-state index is 6.13. The second kappa shape index (κ2) is 5.10. The lowest BCUT2D eigenvalue weighted by Crippen LogP contribution is -2.53. The van der Waals surface area contributed by atoms with Crippen molar-refractivity contribution in [2.75, 3.05) is 26.2 Å². The summed E-state index contributed by atoms with van der Waals surface area (Å²) < 4.78 is 6.13. The topological polar surface area (TPSA) is 24.5 Å². The second-order valence-electron chi connectivity index (χ2n) is 7.05. The normalized spacial score (nSPS) is 40.7. The summed E-state index contributed by atoms with van der Waals surface area (Å²) in [4.78, 5) is 2.65. The maximum absolute atomic E-state index is 6.13. The van der Waals surface area contributed by atoms with Crippen LogP contribution in [0.5, 0.6) is 0 Å².